The highest BCUT2D eigenvalue weighted by Crippen LogP contribution is 2.40. The van der Waals surface area contributed by atoms with Crippen molar-refractivity contribution in [2.45, 2.75) is 129 Å². The van der Waals surface area contributed by atoms with Crippen molar-refractivity contribution in [2.75, 3.05) is 28.2 Å². The summed E-state index contributed by atoms with van der Waals surface area (Å²) in [7, 11) is 7.12. The average molecular weight is 1090 g/mol. The maximum Gasteiger partial charge on any atom is 0.335 e. The van der Waals surface area contributed by atoms with Gasteiger partial charge in [-0.15, -0.1) is 13.2 Å². The van der Waals surface area contributed by atoms with Crippen LogP contribution in [0.1, 0.15) is 121 Å². The molecule has 9 rings (SSSR count). The number of carbonyl (C=O) groups excluding carboxylic acids is 2. The number of aromatic nitrogens is 4. The van der Waals surface area contributed by atoms with Crippen molar-refractivity contribution in [3.05, 3.63) is 180 Å². The van der Waals surface area contributed by atoms with E-state index in [4.69, 9.17) is 30.4 Å². The molecule has 14 nitrogen and oxygen atoms in total. The maximum atomic E-state index is 12.3. The van der Waals surface area contributed by atoms with Gasteiger partial charge in [0.25, 0.3) is 0 Å². The number of carboxylic acids is 2. The van der Waals surface area contributed by atoms with Crippen LogP contribution in [0.4, 0.5) is 0 Å². The molecule has 2 amide bonds. The van der Waals surface area contributed by atoms with Gasteiger partial charge in [-0.05, 0) is 150 Å². The molecule has 2 fully saturated rings. The number of hydrogen-bond acceptors (Lipinski definition) is 8. The zero-order valence-corrected chi connectivity index (χ0v) is 48.0. The van der Waals surface area contributed by atoms with E-state index >= 15 is 0 Å². The van der Waals surface area contributed by atoms with Crippen molar-refractivity contribution >= 4 is 35.0 Å². The minimum atomic E-state index is -2.27. The highest BCUT2D eigenvalue weighted by Gasteiger charge is 2.30. The fourth-order valence-electron chi connectivity index (χ4n) is 10.5. The van der Waals surface area contributed by atoms with E-state index in [2.05, 4.69) is 112 Å². The van der Waals surface area contributed by atoms with Crippen molar-refractivity contribution in [1.29, 1.82) is 0 Å². The number of hydrogen-bond donors (Lipinski definition) is 4. The van der Waals surface area contributed by atoms with Crippen LogP contribution in [-0.2, 0) is 32.0 Å². The summed E-state index contributed by atoms with van der Waals surface area (Å²) in [6.07, 6.45) is 17.8. The van der Waals surface area contributed by atoms with Crippen LogP contribution in [0.15, 0.2) is 135 Å². The Hall–Kier alpha value is -7.68. The number of likely N-dealkylation sites (N-methyl/N-ethyl adjacent to an activating group) is 2. The number of benzene rings is 3. The second kappa shape index (κ2) is 29.0. The predicted octanol–water partition coefficient (Wildman–Crippen LogP) is 11.8. The number of carbonyl (C=O) groups is 4. The number of aryl methyl sites for hydroxylation is 4. The van der Waals surface area contributed by atoms with Crippen LogP contribution in [0.5, 0.6) is 0 Å². The Morgan fingerprint density at radius 2 is 0.825 bits per heavy atom. The van der Waals surface area contributed by atoms with Crippen molar-refractivity contribution < 1.29 is 39.6 Å². The zero-order chi connectivity index (χ0) is 58.2. The number of imidazole rings is 2. The molecule has 0 saturated heterocycles. The summed E-state index contributed by atoms with van der Waals surface area (Å²) in [4.78, 5) is 56.8. The molecule has 0 spiro atoms. The van der Waals surface area contributed by atoms with Gasteiger partial charge >= 0.3 is 11.9 Å². The third-order valence-electron chi connectivity index (χ3n) is 15.4. The van der Waals surface area contributed by atoms with E-state index in [9.17, 15) is 19.2 Å². The van der Waals surface area contributed by atoms with Gasteiger partial charge in [-0.3, -0.25) is 9.59 Å². The molecule has 0 aliphatic heterocycles. The third-order valence-corrected chi connectivity index (χ3v) is 15.4. The van der Waals surface area contributed by atoms with Gasteiger partial charge in [0.2, 0.25) is 11.8 Å². The Kier molecular flexibility index (Phi) is 22.3. The minimum absolute atomic E-state index is 0.0710. The summed E-state index contributed by atoms with van der Waals surface area (Å²) >= 11 is 0. The summed E-state index contributed by atoms with van der Waals surface area (Å²) in [6, 6.07) is 34.3. The van der Waals surface area contributed by atoms with E-state index in [1.807, 2.05) is 59.3 Å². The van der Waals surface area contributed by atoms with E-state index in [-0.39, 0.29) is 11.8 Å². The van der Waals surface area contributed by atoms with Crippen LogP contribution in [-0.4, -0.2) is 113 Å². The van der Waals surface area contributed by atoms with Gasteiger partial charge in [0.05, 0.1) is 35.6 Å². The van der Waals surface area contributed by atoms with E-state index < -0.39 is 24.1 Å². The van der Waals surface area contributed by atoms with E-state index in [1.165, 1.54) is 75.3 Å². The highest BCUT2D eigenvalue weighted by molar-refractivity contribution is 5.83. The van der Waals surface area contributed by atoms with Gasteiger partial charge in [-0.2, -0.15) is 0 Å². The smallest absolute Gasteiger partial charge is 0.335 e. The zero-order valence-electron chi connectivity index (χ0n) is 48.0. The van der Waals surface area contributed by atoms with Crippen LogP contribution in [0.25, 0.3) is 33.8 Å². The lowest BCUT2D eigenvalue weighted by atomic mass is 9.75. The molecule has 7 aromatic rings. The molecule has 3 aromatic carbocycles. The molecule has 2 unspecified atom stereocenters. The number of rotatable bonds is 15. The Bertz CT molecular complexity index is 2980. The second-order valence-corrected chi connectivity index (χ2v) is 22.1. The van der Waals surface area contributed by atoms with Gasteiger partial charge in [0, 0.05) is 51.7 Å². The molecule has 80 heavy (non-hydrogen) atoms. The standard InChI is InChI=1S/C24H34.2C19H21N3O.C4H6O6/c1-3-5-19-7-11-21(12-8-19)23-15-17-24(18-16-23)22-13-9-20(6-4-2)10-14-22;2*1-13-5-8-15(9-6-13)19-16(11-18(23)21(3)4)22-12-14(2)7-10-17(22)20-19;5-1(3(7)8)2(6)4(9)10/h3-4,15-22H,1-2,5-14H2;2*5-10,12H,11H2,1-4H3;1-2,5-6H,(H,7,8)(H,9,10). The molecule has 2 atom stereocenters. The van der Waals surface area contributed by atoms with Crippen LogP contribution in [0, 0.1) is 39.5 Å². The van der Waals surface area contributed by atoms with E-state index in [1.54, 1.807) is 49.1 Å². The molecule has 0 bridgehead atoms. The summed E-state index contributed by atoms with van der Waals surface area (Å²) in [5, 5.41) is 32.5. The Morgan fingerprint density at radius 3 is 1.11 bits per heavy atom. The number of allylic oxidation sites excluding steroid dienone is 2. The molecule has 424 valence electrons. The number of fused-ring (bicyclic) bond motifs is 2. The lowest BCUT2D eigenvalue weighted by Gasteiger charge is -2.30. The average Bonchev–Trinajstić information content (AvgIpc) is 4.05. The summed E-state index contributed by atoms with van der Waals surface area (Å²) in [5.41, 5.74) is 15.3. The van der Waals surface area contributed by atoms with Crippen LogP contribution in [0.2, 0.25) is 0 Å². The first-order chi connectivity index (χ1) is 38.2. The molecule has 2 aliphatic rings. The van der Waals surface area contributed by atoms with E-state index in [0.717, 1.165) is 80.0 Å². The van der Waals surface area contributed by atoms with Crippen molar-refractivity contribution in [1.82, 2.24) is 28.6 Å². The topological polar surface area (TPSA) is 190 Å². The number of nitrogens with zero attached hydrogens (tertiary/aromatic N) is 6. The number of pyridine rings is 2. The highest BCUT2D eigenvalue weighted by atomic mass is 16.4. The van der Waals surface area contributed by atoms with Gasteiger partial charge in [-0.25, -0.2) is 19.6 Å². The first kappa shape index (κ1) is 61.5. The van der Waals surface area contributed by atoms with Crippen LogP contribution in [0.3, 0.4) is 0 Å². The van der Waals surface area contributed by atoms with Crippen molar-refractivity contribution in [3.8, 4) is 22.5 Å². The third kappa shape index (κ3) is 16.7. The molecule has 4 N–H and O–H groups in total. The Labute approximate surface area is 472 Å². The molecule has 4 heterocycles. The first-order valence-corrected chi connectivity index (χ1v) is 27.8. The number of carboxylic acid groups (broad SMARTS) is 2. The monoisotopic (exact) mass is 1090 g/mol. The van der Waals surface area contributed by atoms with Gasteiger partial charge in [-0.1, -0.05) is 108 Å². The van der Waals surface area contributed by atoms with E-state index in [0.29, 0.717) is 12.8 Å². The van der Waals surface area contributed by atoms with Gasteiger partial charge < -0.3 is 39.0 Å². The summed E-state index contributed by atoms with van der Waals surface area (Å²) < 4.78 is 4.07. The van der Waals surface area contributed by atoms with Crippen molar-refractivity contribution in [3.63, 3.8) is 0 Å². The van der Waals surface area contributed by atoms with Gasteiger partial charge in [0.1, 0.15) is 11.3 Å². The first-order valence-electron chi connectivity index (χ1n) is 27.8. The Balaban J connectivity index is 0.000000179. The molecule has 2 saturated carbocycles. The van der Waals surface area contributed by atoms with Crippen molar-refractivity contribution in [2.24, 2.45) is 11.8 Å². The number of aliphatic carboxylic acids is 2. The summed E-state index contributed by atoms with van der Waals surface area (Å²) in [6.45, 7) is 16.0. The molecule has 0 radical (unpaired) electrons. The maximum absolute atomic E-state index is 12.3. The van der Waals surface area contributed by atoms with Crippen LogP contribution < -0.4 is 0 Å². The number of aliphatic hydroxyl groups is 2. The number of amides is 2. The quantitative estimate of drug-likeness (QED) is 0.0719. The number of aliphatic hydroxyl groups excluding tert-OH is 2. The normalized spacial score (nSPS) is 17.5. The lowest BCUT2D eigenvalue weighted by Crippen LogP contribution is -2.39. The largest absolute Gasteiger partial charge is 0.479 e. The molecular weight excluding hydrogens is 1000 g/mol. The molecule has 14 heteroatoms. The fraction of sp³-hybridized carbons (Fsp3) is 0.394. The van der Waals surface area contributed by atoms with Gasteiger partial charge in [0.15, 0.2) is 12.2 Å². The summed E-state index contributed by atoms with van der Waals surface area (Å²) in [5.74, 6) is -0.0208. The Morgan fingerprint density at radius 1 is 0.512 bits per heavy atom. The second-order valence-electron chi connectivity index (χ2n) is 22.1. The molecular formula is C66H82N6O8. The predicted molar refractivity (Wildman–Crippen MR) is 318 cm³/mol. The molecule has 4 aromatic heterocycles. The SMILES string of the molecule is C=CCC1CCC(c2ccc(C3CCC(CC=C)CC3)cc2)CC1.Cc1ccc(-c2nc3ccc(C)cn3c2CC(=O)N(C)C)cc1.Cc1ccc(-c2nc3ccc(C)cn3c2CC(=O)N(C)C)cc1.O=C(O)C(O)C(O)C(=O)O. The fourth-order valence-corrected chi connectivity index (χ4v) is 10.5. The molecule has 2 aliphatic carbocycles. The van der Waals surface area contributed by atoms with Crippen LogP contribution >= 0.6 is 0 Å². The minimum Gasteiger partial charge on any atom is -0.479 e. The lowest BCUT2D eigenvalue weighted by molar-refractivity contribution is -0.165.